The molecule has 20 heavy (non-hydrogen) atoms. The molecule has 0 atom stereocenters. The molecule has 0 radical (unpaired) electrons. The fraction of sp³-hybridized carbons (Fsp3) is 0.400. The molecule has 0 unspecified atom stereocenters. The molecule has 5 heteroatoms. The number of likely N-dealkylation sites (N-methyl/N-ethyl adjacent to an activating group) is 1. The van der Waals surface area contributed by atoms with E-state index in [1.54, 1.807) is 0 Å². The molecule has 106 valence electrons. The Morgan fingerprint density at radius 1 is 1.10 bits per heavy atom. The lowest BCUT2D eigenvalue weighted by Gasteiger charge is -2.20. The van der Waals surface area contributed by atoms with Crippen molar-refractivity contribution in [3.63, 3.8) is 0 Å². The van der Waals surface area contributed by atoms with Crippen LogP contribution < -0.4 is 9.80 Å². The summed E-state index contributed by atoms with van der Waals surface area (Å²) in [6.07, 6.45) is 6.47. The Labute approximate surface area is 120 Å². The van der Waals surface area contributed by atoms with E-state index in [1.165, 1.54) is 5.56 Å². The number of nitrogens with zero attached hydrogens (tertiary/aromatic N) is 5. The van der Waals surface area contributed by atoms with Crippen LogP contribution in [0.25, 0.3) is 0 Å². The Hall–Kier alpha value is -2.17. The van der Waals surface area contributed by atoms with Crippen molar-refractivity contribution >= 4 is 11.8 Å². The maximum atomic E-state index is 4.61. The predicted molar refractivity (Wildman–Crippen MR) is 82.3 cm³/mol. The van der Waals surface area contributed by atoms with E-state index >= 15 is 0 Å². The molecule has 0 aliphatic carbocycles. The van der Waals surface area contributed by atoms with Gasteiger partial charge in [0.05, 0.1) is 0 Å². The van der Waals surface area contributed by atoms with Gasteiger partial charge in [-0.15, -0.1) is 0 Å². The van der Waals surface area contributed by atoms with E-state index in [2.05, 4.69) is 19.9 Å². The molecule has 5 nitrogen and oxygen atoms in total. The SMILES string of the molecule is Cc1cnc(N(C)CCc2ccncc2)nc1N(C)C. The number of hydrogen-bond donors (Lipinski definition) is 0. The van der Waals surface area contributed by atoms with Crippen molar-refractivity contribution in [1.29, 1.82) is 0 Å². The molecule has 0 spiro atoms. The van der Waals surface area contributed by atoms with Crippen LogP contribution in [0, 0.1) is 6.92 Å². The summed E-state index contributed by atoms with van der Waals surface area (Å²) in [5, 5.41) is 0. The van der Waals surface area contributed by atoms with Gasteiger partial charge in [-0.25, -0.2) is 4.98 Å². The third-order valence-corrected chi connectivity index (χ3v) is 3.18. The first kappa shape index (κ1) is 14.2. The molecule has 0 aliphatic rings. The van der Waals surface area contributed by atoms with Crippen LogP contribution in [0.2, 0.25) is 0 Å². The summed E-state index contributed by atoms with van der Waals surface area (Å²) in [5.41, 5.74) is 2.35. The van der Waals surface area contributed by atoms with Crippen LogP contribution in [0.3, 0.4) is 0 Å². The minimum absolute atomic E-state index is 0.758. The summed E-state index contributed by atoms with van der Waals surface area (Å²) in [4.78, 5) is 17.1. The van der Waals surface area contributed by atoms with Crippen molar-refractivity contribution in [3.8, 4) is 0 Å². The Morgan fingerprint density at radius 2 is 1.80 bits per heavy atom. The molecule has 0 N–H and O–H groups in total. The van der Waals surface area contributed by atoms with E-state index < -0.39 is 0 Å². The van der Waals surface area contributed by atoms with Gasteiger partial charge < -0.3 is 9.80 Å². The van der Waals surface area contributed by atoms with Crippen molar-refractivity contribution in [2.24, 2.45) is 0 Å². The van der Waals surface area contributed by atoms with E-state index in [1.807, 2.05) is 63.7 Å². The van der Waals surface area contributed by atoms with Crippen LogP contribution in [0.15, 0.2) is 30.7 Å². The van der Waals surface area contributed by atoms with E-state index in [4.69, 9.17) is 0 Å². The lowest BCUT2D eigenvalue weighted by atomic mass is 10.2. The van der Waals surface area contributed by atoms with Gasteiger partial charge in [0, 0.05) is 51.8 Å². The summed E-state index contributed by atoms with van der Waals surface area (Å²) >= 11 is 0. The second kappa shape index (κ2) is 6.32. The van der Waals surface area contributed by atoms with E-state index in [-0.39, 0.29) is 0 Å². The van der Waals surface area contributed by atoms with Gasteiger partial charge >= 0.3 is 0 Å². The molecule has 2 heterocycles. The Balaban J connectivity index is 2.06. The lowest BCUT2D eigenvalue weighted by Crippen LogP contribution is -2.24. The zero-order chi connectivity index (χ0) is 14.5. The van der Waals surface area contributed by atoms with Gasteiger partial charge in [0.25, 0.3) is 0 Å². The van der Waals surface area contributed by atoms with Crippen molar-refractivity contribution in [2.75, 3.05) is 37.5 Å². The fourth-order valence-corrected chi connectivity index (χ4v) is 2.01. The number of anilines is 2. The molecular weight excluding hydrogens is 250 g/mol. The van der Waals surface area contributed by atoms with E-state index in [0.717, 1.165) is 30.3 Å². The second-order valence-electron chi connectivity index (χ2n) is 5.10. The molecule has 0 saturated carbocycles. The highest BCUT2D eigenvalue weighted by Gasteiger charge is 2.09. The third-order valence-electron chi connectivity index (χ3n) is 3.18. The smallest absolute Gasteiger partial charge is 0.227 e. The number of hydrogen-bond acceptors (Lipinski definition) is 5. The van der Waals surface area contributed by atoms with Crippen LogP contribution in [0.1, 0.15) is 11.1 Å². The first-order chi connectivity index (χ1) is 9.58. The largest absolute Gasteiger partial charge is 0.362 e. The highest BCUT2D eigenvalue weighted by molar-refractivity contribution is 5.48. The topological polar surface area (TPSA) is 45.2 Å². The molecule has 0 aromatic carbocycles. The molecule has 0 aliphatic heterocycles. The monoisotopic (exact) mass is 271 g/mol. The van der Waals surface area contributed by atoms with Gasteiger partial charge in [-0.3, -0.25) is 4.98 Å². The van der Waals surface area contributed by atoms with Crippen LogP contribution in [-0.2, 0) is 6.42 Å². The summed E-state index contributed by atoms with van der Waals surface area (Å²) < 4.78 is 0. The summed E-state index contributed by atoms with van der Waals surface area (Å²) in [6, 6.07) is 4.07. The van der Waals surface area contributed by atoms with Crippen molar-refractivity contribution in [1.82, 2.24) is 15.0 Å². The quantitative estimate of drug-likeness (QED) is 0.831. The van der Waals surface area contributed by atoms with Crippen molar-refractivity contribution in [2.45, 2.75) is 13.3 Å². The van der Waals surface area contributed by atoms with E-state index in [9.17, 15) is 0 Å². The summed E-state index contributed by atoms with van der Waals surface area (Å²) in [5.74, 6) is 1.72. The number of aromatic nitrogens is 3. The van der Waals surface area contributed by atoms with Gasteiger partial charge in [-0.05, 0) is 31.0 Å². The molecule has 0 fully saturated rings. The molecular formula is C15H21N5. The van der Waals surface area contributed by atoms with Crippen LogP contribution >= 0.6 is 0 Å². The van der Waals surface area contributed by atoms with Crippen LogP contribution in [0.4, 0.5) is 11.8 Å². The number of rotatable bonds is 5. The molecule has 2 rings (SSSR count). The first-order valence-electron chi connectivity index (χ1n) is 6.69. The van der Waals surface area contributed by atoms with Gasteiger partial charge in [-0.1, -0.05) is 0 Å². The predicted octanol–water partition coefficient (Wildman–Crippen LogP) is 1.92. The van der Waals surface area contributed by atoms with Gasteiger partial charge in [-0.2, -0.15) is 4.98 Å². The summed E-state index contributed by atoms with van der Waals surface area (Å²) in [6.45, 7) is 2.90. The summed E-state index contributed by atoms with van der Waals surface area (Å²) in [7, 11) is 6.01. The van der Waals surface area contributed by atoms with Crippen LogP contribution in [-0.4, -0.2) is 42.6 Å². The van der Waals surface area contributed by atoms with Gasteiger partial charge in [0.1, 0.15) is 5.82 Å². The van der Waals surface area contributed by atoms with E-state index in [0.29, 0.717) is 0 Å². The molecule has 0 amide bonds. The number of pyridine rings is 1. The molecule has 0 saturated heterocycles. The van der Waals surface area contributed by atoms with Crippen molar-refractivity contribution in [3.05, 3.63) is 41.9 Å². The van der Waals surface area contributed by atoms with Gasteiger partial charge in [0.15, 0.2) is 0 Å². The normalized spacial score (nSPS) is 10.4. The van der Waals surface area contributed by atoms with Crippen LogP contribution in [0.5, 0.6) is 0 Å². The maximum absolute atomic E-state index is 4.61. The number of aryl methyl sites for hydroxylation is 1. The highest BCUT2D eigenvalue weighted by Crippen LogP contribution is 2.17. The Morgan fingerprint density at radius 3 is 2.45 bits per heavy atom. The highest BCUT2D eigenvalue weighted by atomic mass is 15.3. The average molecular weight is 271 g/mol. The zero-order valence-corrected chi connectivity index (χ0v) is 12.5. The molecule has 2 aromatic rings. The minimum Gasteiger partial charge on any atom is -0.362 e. The average Bonchev–Trinajstić information content (AvgIpc) is 2.46. The molecule has 0 bridgehead atoms. The molecule has 2 aromatic heterocycles. The maximum Gasteiger partial charge on any atom is 0.227 e. The Bertz CT molecular complexity index is 553. The van der Waals surface area contributed by atoms with Gasteiger partial charge in [0.2, 0.25) is 5.95 Å². The van der Waals surface area contributed by atoms with Crippen molar-refractivity contribution < 1.29 is 0 Å². The lowest BCUT2D eigenvalue weighted by molar-refractivity contribution is 0.831. The second-order valence-corrected chi connectivity index (χ2v) is 5.10. The fourth-order valence-electron chi connectivity index (χ4n) is 2.01. The minimum atomic E-state index is 0.758. The standard InChI is InChI=1S/C15H21N5/c1-12-11-17-15(18-14(12)19(2)3)20(4)10-7-13-5-8-16-9-6-13/h5-6,8-9,11H,7,10H2,1-4H3. The Kier molecular flexibility index (Phi) is 4.50. The zero-order valence-electron chi connectivity index (χ0n) is 12.5. The third kappa shape index (κ3) is 3.44. The first-order valence-corrected chi connectivity index (χ1v) is 6.69.